The van der Waals surface area contributed by atoms with Gasteiger partial charge in [0.05, 0.1) is 0 Å². The lowest BCUT2D eigenvalue weighted by Crippen LogP contribution is -2.12. The van der Waals surface area contributed by atoms with Gasteiger partial charge in [-0.15, -0.1) is 0 Å². The predicted molar refractivity (Wildman–Crippen MR) is 70.4 cm³/mol. The third-order valence-corrected chi connectivity index (χ3v) is 2.87. The highest BCUT2D eigenvalue weighted by Gasteiger charge is 2.08. The van der Waals surface area contributed by atoms with Crippen LogP contribution in [-0.4, -0.2) is 5.91 Å². The van der Waals surface area contributed by atoms with Crippen LogP contribution in [-0.2, 0) is 6.61 Å². The minimum Gasteiger partial charge on any atom is -0.489 e. The summed E-state index contributed by atoms with van der Waals surface area (Å²) in [5.41, 5.74) is 6.00. The molecular weight excluding hydrogens is 264 g/mol. The van der Waals surface area contributed by atoms with Crippen LogP contribution < -0.4 is 10.5 Å². The monoisotopic (exact) mass is 277 g/mol. The lowest BCUT2D eigenvalue weighted by atomic mass is 10.1. The predicted octanol–water partition coefficient (Wildman–Crippen LogP) is 2.95. The molecule has 104 valence electrons. The second-order valence-electron chi connectivity index (χ2n) is 4.37. The molecule has 1 amide bonds. The SMILES string of the molecule is Cc1ccc(OCc2cc(C(N)=O)ccc2F)cc1F. The Hall–Kier alpha value is -2.43. The van der Waals surface area contributed by atoms with E-state index >= 15 is 0 Å². The van der Waals surface area contributed by atoms with E-state index in [1.807, 2.05) is 0 Å². The lowest BCUT2D eigenvalue weighted by molar-refractivity contribution is 0.1000. The van der Waals surface area contributed by atoms with Gasteiger partial charge in [-0.2, -0.15) is 0 Å². The standard InChI is InChI=1S/C15H13F2NO2/c1-9-2-4-12(7-14(9)17)20-8-11-6-10(15(18)19)3-5-13(11)16/h2-7H,8H2,1H3,(H2,18,19). The number of hydrogen-bond donors (Lipinski definition) is 1. The highest BCUT2D eigenvalue weighted by atomic mass is 19.1. The van der Waals surface area contributed by atoms with Crippen LogP contribution in [0.4, 0.5) is 8.78 Å². The Morgan fingerprint density at radius 2 is 1.90 bits per heavy atom. The molecule has 2 rings (SSSR count). The molecule has 2 aromatic carbocycles. The molecule has 0 saturated carbocycles. The summed E-state index contributed by atoms with van der Waals surface area (Å²) in [6.45, 7) is 1.52. The summed E-state index contributed by atoms with van der Waals surface area (Å²) in [5, 5.41) is 0. The summed E-state index contributed by atoms with van der Waals surface area (Å²) >= 11 is 0. The van der Waals surface area contributed by atoms with Crippen LogP contribution in [0.1, 0.15) is 21.5 Å². The number of ether oxygens (including phenoxy) is 1. The Balaban J connectivity index is 2.15. The van der Waals surface area contributed by atoms with Crippen molar-refractivity contribution in [3.05, 3.63) is 64.7 Å². The zero-order valence-corrected chi connectivity index (χ0v) is 10.8. The summed E-state index contributed by atoms with van der Waals surface area (Å²) in [6, 6.07) is 8.16. The number of carbonyl (C=O) groups is 1. The number of carbonyl (C=O) groups excluding carboxylic acids is 1. The first-order valence-electron chi connectivity index (χ1n) is 5.94. The van der Waals surface area contributed by atoms with Gasteiger partial charge in [-0.05, 0) is 36.8 Å². The van der Waals surface area contributed by atoms with E-state index in [4.69, 9.17) is 10.5 Å². The number of rotatable bonds is 4. The third-order valence-electron chi connectivity index (χ3n) is 2.87. The Kier molecular flexibility index (Phi) is 3.98. The molecule has 0 fully saturated rings. The van der Waals surface area contributed by atoms with Crippen LogP contribution in [0.3, 0.4) is 0 Å². The summed E-state index contributed by atoms with van der Waals surface area (Å²) in [6.07, 6.45) is 0. The zero-order chi connectivity index (χ0) is 14.7. The maximum Gasteiger partial charge on any atom is 0.248 e. The van der Waals surface area contributed by atoms with Crippen molar-refractivity contribution in [1.29, 1.82) is 0 Å². The Morgan fingerprint density at radius 1 is 1.15 bits per heavy atom. The Bertz CT molecular complexity index is 656. The summed E-state index contributed by atoms with van der Waals surface area (Å²) in [7, 11) is 0. The van der Waals surface area contributed by atoms with Gasteiger partial charge >= 0.3 is 0 Å². The maximum atomic E-state index is 13.6. The van der Waals surface area contributed by atoms with E-state index in [1.54, 1.807) is 19.1 Å². The number of nitrogens with two attached hydrogens (primary N) is 1. The van der Waals surface area contributed by atoms with Crippen LogP contribution >= 0.6 is 0 Å². The van der Waals surface area contributed by atoms with Gasteiger partial charge in [-0.1, -0.05) is 6.07 Å². The first-order valence-corrected chi connectivity index (χ1v) is 5.94. The molecular formula is C15H13F2NO2. The van der Waals surface area contributed by atoms with Gasteiger partial charge < -0.3 is 10.5 Å². The van der Waals surface area contributed by atoms with Crippen molar-refractivity contribution >= 4 is 5.91 Å². The van der Waals surface area contributed by atoms with E-state index in [-0.39, 0.29) is 23.5 Å². The van der Waals surface area contributed by atoms with Crippen LogP contribution in [0.25, 0.3) is 0 Å². The molecule has 2 N–H and O–H groups in total. The van der Waals surface area contributed by atoms with E-state index in [9.17, 15) is 13.6 Å². The van der Waals surface area contributed by atoms with E-state index in [2.05, 4.69) is 0 Å². The summed E-state index contributed by atoms with van der Waals surface area (Å²) < 4.78 is 32.2. The number of primary amides is 1. The normalized spacial score (nSPS) is 10.3. The number of benzene rings is 2. The van der Waals surface area contributed by atoms with Crippen LogP contribution in [0.5, 0.6) is 5.75 Å². The highest BCUT2D eigenvalue weighted by molar-refractivity contribution is 5.92. The van der Waals surface area contributed by atoms with Gasteiger partial charge in [-0.25, -0.2) is 8.78 Å². The molecule has 0 unspecified atom stereocenters. The van der Waals surface area contributed by atoms with E-state index in [1.165, 1.54) is 18.2 Å². The van der Waals surface area contributed by atoms with Gasteiger partial charge in [-0.3, -0.25) is 4.79 Å². The van der Waals surface area contributed by atoms with Gasteiger partial charge in [0.15, 0.2) is 0 Å². The molecule has 0 radical (unpaired) electrons. The molecule has 0 aliphatic rings. The lowest BCUT2D eigenvalue weighted by Gasteiger charge is -2.09. The highest BCUT2D eigenvalue weighted by Crippen LogP contribution is 2.18. The molecule has 20 heavy (non-hydrogen) atoms. The maximum absolute atomic E-state index is 13.6. The molecule has 5 heteroatoms. The molecule has 0 aliphatic carbocycles. The van der Waals surface area contributed by atoms with Crippen molar-refractivity contribution in [2.45, 2.75) is 13.5 Å². The summed E-state index contributed by atoms with van der Waals surface area (Å²) in [5.74, 6) is -1.26. The molecule has 0 bridgehead atoms. The van der Waals surface area contributed by atoms with E-state index in [0.717, 1.165) is 6.07 Å². The fraction of sp³-hybridized carbons (Fsp3) is 0.133. The molecule has 3 nitrogen and oxygen atoms in total. The van der Waals surface area contributed by atoms with Crippen molar-refractivity contribution in [2.24, 2.45) is 5.73 Å². The van der Waals surface area contributed by atoms with Crippen molar-refractivity contribution in [1.82, 2.24) is 0 Å². The summed E-state index contributed by atoms with van der Waals surface area (Å²) in [4.78, 5) is 11.0. The van der Waals surface area contributed by atoms with Crippen molar-refractivity contribution in [2.75, 3.05) is 0 Å². The minimum atomic E-state index is -0.646. The second-order valence-corrected chi connectivity index (χ2v) is 4.37. The molecule has 0 saturated heterocycles. The van der Waals surface area contributed by atoms with E-state index in [0.29, 0.717) is 5.56 Å². The molecule has 0 spiro atoms. The van der Waals surface area contributed by atoms with Crippen molar-refractivity contribution < 1.29 is 18.3 Å². The average Bonchev–Trinajstić information content (AvgIpc) is 2.41. The molecule has 0 aliphatic heterocycles. The zero-order valence-electron chi connectivity index (χ0n) is 10.8. The van der Waals surface area contributed by atoms with Gasteiger partial charge in [0.25, 0.3) is 0 Å². The second kappa shape index (κ2) is 5.69. The van der Waals surface area contributed by atoms with Gasteiger partial charge in [0.2, 0.25) is 5.91 Å². The molecule has 0 heterocycles. The topological polar surface area (TPSA) is 52.3 Å². The first kappa shape index (κ1) is 14.0. The quantitative estimate of drug-likeness (QED) is 0.934. The average molecular weight is 277 g/mol. The third kappa shape index (κ3) is 3.12. The minimum absolute atomic E-state index is 0.116. The van der Waals surface area contributed by atoms with Gasteiger partial charge in [0, 0.05) is 17.2 Å². The molecule has 0 aromatic heterocycles. The van der Waals surface area contributed by atoms with Gasteiger partial charge in [0.1, 0.15) is 24.0 Å². The largest absolute Gasteiger partial charge is 0.489 e. The van der Waals surface area contributed by atoms with Crippen molar-refractivity contribution in [3.8, 4) is 5.75 Å². The Morgan fingerprint density at radius 3 is 2.55 bits per heavy atom. The van der Waals surface area contributed by atoms with E-state index < -0.39 is 17.5 Å². The van der Waals surface area contributed by atoms with Crippen LogP contribution in [0.2, 0.25) is 0 Å². The fourth-order valence-electron chi connectivity index (χ4n) is 1.66. The number of hydrogen-bond acceptors (Lipinski definition) is 2. The smallest absolute Gasteiger partial charge is 0.248 e. The number of aryl methyl sites for hydroxylation is 1. The molecule has 2 aromatic rings. The number of amides is 1. The molecule has 0 atom stereocenters. The first-order chi connectivity index (χ1) is 9.47. The van der Waals surface area contributed by atoms with Crippen LogP contribution in [0.15, 0.2) is 36.4 Å². The fourth-order valence-corrected chi connectivity index (χ4v) is 1.66. The van der Waals surface area contributed by atoms with Crippen molar-refractivity contribution in [3.63, 3.8) is 0 Å². The number of halogens is 2. The Labute approximate surface area is 115 Å². The van der Waals surface area contributed by atoms with Crippen LogP contribution in [0, 0.1) is 18.6 Å².